The number of hydrogen-bond acceptors (Lipinski definition) is 6. The van der Waals surface area contributed by atoms with E-state index in [1.807, 2.05) is 19.9 Å². The molecule has 4 N–H and O–H groups in total. The minimum absolute atomic E-state index is 0.0875. The van der Waals surface area contributed by atoms with Crippen LogP contribution in [0.4, 0.5) is 21.5 Å². The first-order valence-corrected chi connectivity index (χ1v) is 10.4. The van der Waals surface area contributed by atoms with Crippen LogP contribution < -0.4 is 16.0 Å². The van der Waals surface area contributed by atoms with Gasteiger partial charge < -0.3 is 21.1 Å². The third kappa shape index (κ3) is 3.61. The first-order chi connectivity index (χ1) is 14.5. The highest BCUT2D eigenvalue weighted by molar-refractivity contribution is 6.08. The molecule has 1 saturated heterocycles. The highest BCUT2D eigenvalue weighted by Crippen LogP contribution is 2.45. The maximum atomic E-state index is 14.4. The monoisotopic (exact) mass is 413 g/mol. The summed E-state index contributed by atoms with van der Waals surface area (Å²) in [5, 5.41) is 18.8. The van der Waals surface area contributed by atoms with Gasteiger partial charge in [-0.3, -0.25) is 14.7 Å². The van der Waals surface area contributed by atoms with Gasteiger partial charge in [0.05, 0.1) is 35.6 Å². The lowest BCUT2D eigenvalue weighted by Crippen LogP contribution is -2.55. The Hall–Kier alpha value is -2.71. The molecule has 1 aromatic carbocycles. The Kier molecular flexibility index (Phi) is 5.62. The molecule has 1 amide bonds. The van der Waals surface area contributed by atoms with Crippen LogP contribution in [0, 0.1) is 5.82 Å². The maximum Gasteiger partial charge on any atom is 0.249 e. The summed E-state index contributed by atoms with van der Waals surface area (Å²) in [6.07, 6.45) is 3.60. The minimum atomic E-state index is -0.930. The van der Waals surface area contributed by atoms with Crippen LogP contribution in [0.25, 0.3) is 0 Å². The van der Waals surface area contributed by atoms with E-state index in [4.69, 9.17) is 5.11 Å². The highest BCUT2D eigenvalue weighted by Gasteiger charge is 2.49. The van der Waals surface area contributed by atoms with Gasteiger partial charge >= 0.3 is 0 Å². The van der Waals surface area contributed by atoms with Crippen molar-refractivity contribution in [3.8, 4) is 0 Å². The molecule has 2 atom stereocenters. The molecule has 160 valence electrons. The predicted molar refractivity (Wildman–Crippen MR) is 115 cm³/mol. The lowest BCUT2D eigenvalue weighted by atomic mass is 9.88. The molecule has 2 aliphatic heterocycles. The lowest BCUT2D eigenvalue weighted by molar-refractivity contribution is -0.127. The maximum absolute atomic E-state index is 14.4. The zero-order chi connectivity index (χ0) is 21.3. The van der Waals surface area contributed by atoms with E-state index in [2.05, 4.69) is 25.8 Å². The molecule has 1 aromatic heterocycles. The van der Waals surface area contributed by atoms with Gasteiger partial charge in [0.2, 0.25) is 5.91 Å². The number of nitrogens with zero attached hydrogens (tertiary/aromatic N) is 2. The van der Waals surface area contributed by atoms with E-state index < -0.39 is 5.54 Å². The number of halogens is 1. The molecular weight excluding hydrogens is 385 g/mol. The summed E-state index contributed by atoms with van der Waals surface area (Å²) in [7, 11) is 0. The van der Waals surface area contributed by atoms with E-state index in [0.29, 0.717) is 35.7 Å². The number of hydrogen-bond donors (Lipinski definition) is 4. The molecule has 7 nitrogen and oxygen atoms in total. The Balaban J connectivity index is 1.58. The number of rotatable bonds is 6. The Morgan fingerprint density at radius 1 is 1.40 bits per heavy atom. The van der Waals surface area contributed by atoms with E-state index in [9.17, 15) is 9.18 Å². The van der Waals surface area contributed by atoms with Crippen molar-refractivity contribution in [2.45, 2.75) is 44.9 Å². The number of anilines is 3. The summed E-state index contributed by atoms with van der Waals surface area (Å²) in [5.74, 6) is -0.481. The van der Waals surface area contributed by atoms with Crippen LogP contribution in [0.15, 0.2) is 30.5 Å². The summed E-state index contributed by atoms with van der Waals surface area (Å²) >= 11 is 0. The smallest absolute Gasteiger partial charge is 0.249 e. The predicted octanol–water partition coefficient (Wildman–Crippen LogP) is 2.89. The van der Waals surface area contributed by atoms with E-state index >= 15 is 0 Å². The summed E-state index contributed by atoms with van der Waals surface area (Å²) in [5.41, 5.74) is 2.53. The number of fused-ring (bicyclic) bond motifs is 1. The highest BCUT2D eigenvalue weighted by atomic mass is 19.1. The summed E-state index contributed by atoms with van der Waals surface area (Å²) < 4.78 is 14.4. The van der Waals surface area contributed by atoms with Crippen LogP contribution in [0.2, 0.25) is 0 Å². The van der Waals surface area contributed by atoms with E-state index in [-0.39, 0.29) is 24.4 Å². The molecule has 1 fully saturated rings. The molecule has 2 aromatic rings. The molecule has 3 heterocycles. The molecule has 0 saturated carbocycles. The number of piperidine rings is 1. The van der Waals surface area contributed by atoms with Crippen molar-refractivity contribution in [1.82, 2.24) is 9.88 Å². The number of benzene rings is 1. The number of likely N-dealkylation sites (tertiary alicyclic amines) is 1. The van der Waals surface area contributed by atoms with Gasteiger partial charge in [0.1, 0.15) is 11.4 Å². The molecule has 4 rings (SSSR count). The fraction of sp³-hybridized carbons (Fsp3) is 0.455. The van der Waals surface area contributed by atoms with Crippen molar-refractivity contribution in [2.24, 2.45) is 0 Å². The molecular formula is C22H28FN5O2. The first-order valence-electron chi connectivity index (χ1n) is 10.4. The number of aromatic nitrogens is 1. The van der Waals surface area contributed by atoms with Gasteiger partial charge in [0.25, 0.3) is 0 Å². The van der Waals surface area contributed by atoms with Crippen LogP contribution in [0.5, 0.6) is 0 Å². The minimum Gasteiger partial charge on any atom is -0.390 e. The molecule has 30 heavy (non-hydrogen) atoms. The molecule has 0 radical (unpaired) electrons. The van der Waals surface area contributed by atoms with Crippen molar-refractivity contribution in [2.75, 3.05) is 35.6 Å². The Morgan fingerprint density at radius 2 is 2.23 bits per heavy atom. The topological polar surface area (TPSA) is 89.5 Å². The largest absolute Gasteiger partial charge is 0.390 e. The van der Waals surface area contributed by atoms with Gasteiger partial charge in [-0.15, -0.1) is 0 Å². The normalized spacial score (nSPS) is 23.7. The molecule has 1 unspecified atom stereocenters. The number of nitrogens with one attached hydrogen (secondary N) is 3. The quantitative estimate of drug-likeness (QED) is 0.582. The van der Waals surface area contributed by atoms with Crippen molar-refractivity contribution < 1.29 is 14.3 Å². The van der Waals surface area contributed by atoms with Gasteiger partial charge in [-0.25, -0.2) is 4.39 Å². The number of carbonyl (C=O) groups is 1. The summed E-state index contributed by atoms with van der Waals surface area (Å²) in [4.78, 5) is 19.4. The van der Waals surface area contributed by atoms with Crippen LogP contribution in [0.1, 0.15) is 37.9 Å². The Labute approximate surface area is 175 Å². The van der Waals surface area contributed by atoms with Crippen molar-refractivity contribution >= 4 is 23.0 Å². The number of aliphatic hydroxyl groups is 1. The van der Waals surface area contributed by atoms with Crippen molar-refractivity contribution in [3.05, 3.63) is 47.5 Å². The van der Waals surface area contributed by atoms with Gasteiger partial charge in [-0.05, 0) is 57.5 Å². The van der Waals surface area contributed by atoms with E-state index in [0.717, 1.165) is 25.1 Å². The van der Waals surface area contributed by atoms with Gasteiger partial charge in [0.15, 0.2) is 0 Å². The first kappa shape index (κ1) is 20.6. The lowest BCUT2D eigenvalue weighted by Gasteiger charge is -2.42. The second-order valence-electron chi connectivity index (χ2n) is 8.06. The van der Waals surface area contributed by atoms with Crippen LogP contribution >= 0.6 is 0 Å². The third-order valence-corrected chi connectivity index (χ3v) is 6.09. The average molecular weight is 413 g/mol. The SMILES string of the molecule is CCNc1cc(F)cc2c1NC(=O)C2(C)N1CCC[C@@H](Nc2ccc(CO)nc2)C1. The number of pyridine rings is 1. The Bertz CT molecular complexity index is 936. The second kappa shape index (κ2) is 8.20. The molecule has 0 bridgehead atoms. The third-order valence-electron chi connectivity index (χ3n) is 6.09. The van der Waals surface area contributed by atoms with Gasteiger partial charge in [-0.1, -0.05) is 0 Å². The van der Waals surface area contributed by atoms with Crippen molar-refractivity contribution in [1.29, 1.82) is 0 Å². The standard InChI is InChI=1S/C22H28FN5O2/c1-3-24-19-10-14(23)9-18-20(19)27-21(30)22(18,2)28-8-4-5-16(12-28)26-15-6-7-17(13-29)25-11-15/h6-7,9-11,16,24,26,29H,3-5,8,12-13H2,1-2H3,(H,27,30)/t16-,22?/m1/s1. The van der Waals surface area contributed by atoms with Crippen LogP contribution in [-0.4, -0.2) is 46.6 Å². The van der Waals surface area contributed by atoms with E-state index in [1.54, 1.807) is 12.3 Å². The zero-order valence-corrected chi connectivity index (χ0v) is 17.3. The summed E-state index contributed by atoms with van der Waals surface area (Å²) in [6.45, 7) is 5.78. The average Bonchev–Trinajstić information content (AvgIpc) is 3.01. The Morgan fingerprint density at radius 3 is 2.93 bits per heavy atom. The molecule has 0 spiro atoms. The number of carbonyl (C=O) groups excluding carboxylic acids is 1. The van der Waals surface area contributed by atoms with Crippen LogP contribution in [0.3, 0.4) is 0 Å². The zero-order valence-electron chi connectivity index (χ0n) is 17.3. The molecule has 2 aliphatic rings. The number of aliphatic hydroxyl groups excluding tert-OH is 1. The number of amides is 1. The van der Waals surface area contributed by atoms with Gasteiger partial charge in [0, 0.05) is 24.7 Å². The fourth-order valence-corrected chi connectivity index (χ4v) is 4.47. The van der Waals surface area contributed by atoms with Crippen molar-refractivity contribution in [3.63, 3.8) is 0 Å². The van der Waals surface area contributed by atoms with Gasteiger partial charge in [-0.2, -0.15) is 0 Å². The fourth-order valence-electron chi connectivity index (χ4n) is 4.47. The van der Waals surface area contributed by atoms with E-state index in [1.165, 1.54) is 12.1 Å². The summed E-state index contributed by atoms with van der Waals surface area (Å²) in [6, 6.07) is 6.72. The molecule has 0 aliphatic carbocycles. The second-order valence-corrected chi connectivity index (χ2v) is 8.06. The molecule has 8 heteroatoms. The van der Waals surface area contributed by atoms with Crippen LogP contribution in [-0.2, 0) is 16.9 Å².